The van der Waals surface area contributed by atoms with Crippen molar-refractivity contribution in [2.75, 3.05) is 6.54 Å². The van der Waals surface area contributed by atoms with E-state index in [0.717, 1.165) is 17.8 Å². The summed E-state index contributed by atoms with van der Waals surface area (Å²) in [5, 5.41) is 0. The van der Waals surface area contributed by atoms with Crippen molar-refractivity contribution in [2.45, 2.75) is 38.8 Å². The number of fused-ring (bicyclic) bond motifs is 1. The van der Waals surface area contributed by atoms with Gasteiger partial charge in [0.1, 0.15) is 5.82 Å². The average Bonchev–Trinajstić information content (AvgIpc) is 3.15. The molecule has 3 nitrogen and oxygen atoms in total. The molecule has 0 radical (unpaired) electrons. The van der Waals surface area contributed by atoms with Crippen LogP contribution in [0.2, 0.25) is 0 Å². The summed E-state index contributed by atoms with van der Waals surface area (Å²) in [5.41, 5.74) is 3.70. The van der Waals surface area contributed by atoms with Gasteiger partial charge in [0.05, 0.1) is 6.04 Å². The van der Waals surface area contributed by atoms with Crippen LogP contribution in [0.15, 0.2) is 66.9 Å². The predicted molar refractivity (Wildman–Crippen MR) is 109 cm³/mol. The molecule has 3 aromatic rings. The Kier molecular flexibility index (Phi) is 4.58. The van der Waals surface area contributed by atoms with Crippen LogP contribution in [0.25, 0.3) is 0 Å². The van der Waals surface area contributed by atoms with Crippen molar-refractivity contribution in [3.63, 3.8) is 0 Å². The smallest absolute Gasteiger partial charge is 0.254 e. The minimum Gasteiger partial charge on any atom is -0.348 e. The van der Waals surface area contributed by atoms with E-state index >= 15 is 0 Å². The summed E-state index contributed by atoms with van der Waals surface area (Å²) in [7, 11) is 0. The lowest BCUT2D eigenvalue weighted by atomic mass is 9.86. The van der Waals surface area contributed by atoms with Gasteiger partial charge in [0.2, 0.25) is 0 Å². The number of nitrogens with zero attached hydrogens (tertiary/aromatic N) is 2. The molecule has 144 valence electrons. The molecule has 1 unspecified atom stereocenters. The van der Waals surface area contributed by atoms with Gasteiger partial charge >= 0.3 is 0 Å². The molecule has 2 heterocycles. The second-order valence-corrected chi connectivity index (χ2v) is 8.41. The van der Waals surface area contributed by atoms with E-state index in [9.17, 15) is 9.18 Å². The molecule has 1 aromatic heterocycles. The molecule has 0 aliphatic carbocycles. The highest BCUT2D eigenvalue weighted by molar-refractivity contribution is 5.95. The molecule has 1 atom stereocenters. The Morgan fingerprint density at radius 1 is 1.00 bits per heavy atom. The number of hydrogen-bond donors (Lipinski definition) is 0. The van der Waals surface area contributed by atoms with Gasteiger partial charge in [-0.1, -0.05) is 45.0 Å². The van der Waals surface area contributed by atoms with Gasteiger partial charge in [0, 0.05) is 30.5 Å². The predicted octanol–water partition coefficient (Wildman–Crippen LogP) is 5.17. The first-order valence-corrected chi connectivity index (χ1v) is 9.66. The van der Waals surface area contributed by atoms with Crippen molar-refractivity contribution in [1.82, 2.24) is 9.47 Å². The standard InChI is InChI=1S/C24H25FN2O/c1-24(2,3)19-11-9-17(10-12-19)23(28)27-15-14-26-13-5-8-21(26)22(27)18-6-4-7-20(25)16-18/h4-13,16,22H,14-15H2,1-3H3. The van der Waals surface area contributed by atoms with Crippen LogP contribution >= 0.6 is 0 Å². The number of carbonyl (C=O) groups excluding carboxylic acids is 1. The Morgan fingerprint density at radius 3 is 2.43 bits per heavy atom. The molecule has 1 aliphatic heterocycles. The maximum absolute atomic E-state index is 13.9. The van der Waals surface area contributed by atoms with Gasteiger partial charge in [-0.05, 0) is 52.9 Å². The minimum atomic E-state index is -0.297. The van der Waals surface area contributed by atoms with E-state index in [1.54, 1.807) is 6.07 Å². The van der Waals surface area contributed by atoms with Crippen LogP contribution in [-0.4, -0.2) is 21.9 Å². The van der Waals surface area contributed by atoms with E-state index in [4.69, 9.17) is 0 Å². The van der Waals surface area contributed by atoms with E-state index in [0.29, 0.717) is 12.1 Å². The van der Waals surface area contributed by atoms with E-state index in [-0.39, 0.29) is 23.2 Å². The lowest BCUT2D eigenvalue weighted by Crippen LogP contribution is -2.42. The first-order chi connectivity index (χ1) is 13.3. The molecule has 0 N–H and O–H groups in total. The monoisotopic (exact) mass is 376 g/mol. The van der Waals surface area contributed by atoms with E-state index in [1.165, 1.54) is 17.7 Å². The first-order valence-electron chi connectivity index (χ1n) is 9.66. The summed E-state index contributed by atoms with van der Waals surface area (Å²) in [4.78, 5) is 15.2. The van der Waals surface area contributed by atoms with Gasteiger partial charge < -0.3 is 9.47 Å². The summed E-state index contributed by atoms with van der Waals surface area (Å²) in [6.07, 6.45) is 2.02. The Hall–Kier alpha value is -2.88. The Balaban J connectivity index is 1.72. The van der Waals surface area contributed by atoms with Gasteiger partial charge in [0.25, 0.3) is 5.91 Å². The maximum Gasteiger partial charge on any atom is 0.254 e. The number of rotatable bonds is 2. The Labute approximate surface area is 165 Å². The highest BCUT2D eigenvalue weighted by Gasteiger charge is 2.33. The molecule has 0 saturated carbocycles. The molecule has 4 heteroatoms. The van der Waals surface area contributed by atoms with E-state index < -0.39 is 0 Å². The summed E-state index contributed by atoms with van der Waals surface area (Å²) in [6.45, 7) is 7.79. The van der Waals surface area contributed by atoms with Gasteiger partial charge in [0.15, 0.2) is 0 Å². The lowest BCUT2D eigenvalue weighted by Gasteiger charge is -2.37. The quantitative estimate of drug-likeness (QED) is 0.606. The number of amides is 1. The number of hydrogen-bond acceptors (Lipinski definition) is 1. The third-order valence-electron chi connectivity index (χ3n) is 5.46. The number of halogens is 1. The number of benzene rings is 2. The normalized spacial score (nSPS) is 16.7. The maximum atomic E-state index is 13.9. The van der Waals surface area contributed by atoms with Crippen LogP contribution in [0.1, 0.15) is 54.0 Å². The third kappa shape index (κ3) is 3.35. The Bertz CT molecular complexity index is 998. The highest BCUT2D eigenvalue weighted by atomic mass is 19.1. The molecule has 0 spiro atoms. The molecular formula is C24H25FN2O. The van der Waals surface area contributed by atoms with Crippen LogP contribution in [0.5, 0.6) is 0 Å². The topological polar surface area (TPSA) is 25.2 Å². The fraction of sp³-hybridized carbons (Fsp3) is 0.292. The van der Waals surface area contributed by atoms with Gasteiger partial charge in [-0.15, -0.1) is 0 Å². The van der Waals surface area contributed by atoms with Crippen molar-refractivity contribution in [1.29, 1.82) is 0 Å². The second kappa shape index (κ2) is 6.93. The number of carbonyl (C=O) groups is 1. The zero-order valence-electron chi connectivity index (χ0n) is 16.5. The Morgan fingerprint density at radius 2 is 1.75 bits per heavy atom. The first kappa shape index (κ1) is 18.5. The lowest BCUT2D eigenvalue weighted by molar-refractivity contribution is 0.0663. The van der Waals surface area contributed by atoms with Crippen molar-refractivity contribution in [2.24, 2.45) is 0 Å². The van der Waals surface area contributed by atoms with Crippen LogP contribution < -0.4 is 0 Å². The molecule has 28 heavy (non-hydrogen) atoms. The SMILES string of the molecule is CC(C)(C)c1ccc(C(=O)N2CCn3cccc3C2c2cccc(F)c2)cc1. The van der Waals surface area contributed by atoms with Crippen LogP contribution in [0, 0.1) is 5.82 Å². The minimum absolute atomic E-state index is 0.0258. The van der Waals surface area contributed by atoms with Crippen molar-refractivity contribution in [3.05, 3.63) is 95.1 Å². The van der Waals surface area contributed by atoms with Crippen molar-refractivity contribution >= 4 is 5.91 Å². The fourth-order valence-electron chi connectivity index (χ4n) is 3.91. The van der Waals surface area contributed by atoms with Crippen LogP contribution in [0.3, 0.4) is 0 Å². The molecular weight excluding hydrogens is 351 g/mol. The van der Waals surface area contributed by atoms with Crippen molar-refractivity contribution in [3.8, 4) is 0 Å². The van der Waals surface area contributed by atoms with E-state index in [2.05, 4.69) is 25.3 Å². The number of aromatic nitrogens is 1. The molecule has 1 amide bonds. The fourth-order valence-corrected chi connectivity index (χ4v) is 3.91. The molecule has 4 rings (SSSR count). The van der Waals surface area contributed by atoms with Gasteiger partial charge in [-0.3, -0.25) is 4.79 Å². The van der Waals surface area contributed by atoms with Gasteiger partial charge in [-0.2, -0.15) is 0 Å². The van der Waals surface area contributed by atoms with Crippen LogP contribution in [-0.2, 0) is 12.0 Å². The molecule has 2 aromatic carbocycles. The zero-order chi connectivity index (χ0) is 19.9. The molecule has 0 saturated heterocycles. The second-order valence-electron chi connectivity index (χ2n) is 8.41. The summed E-state index contributed by atoms with van der Waals surface area (Å²) in [6, 6.07) is 18.1. The summed E-state index contributed by atoms with van der Waals surface area (Å²) < 4.78 is 16.1. The average molecular weight is 376 g/mol. The highest BCUT2D eigenvalue weighted by Crippen LogP contribution is 2.34. The summed E-state index contributed by atoms with van der Waals surface area (Å²) >= 11 is 0. The molecule has 0 fully saturated rings. The third-order valence-corrected chi connectivity index (χ3v) is 5.46. The van der Waals surface area contributed by atoms with E-state index in [1.807, 2.05) is 53.6 Å². The van der Waals surface area contributed by atoms with Crippen LogP contribution in [0.4, 0.5) is 4.39 Å². The van der Waals surface area contributed by atoms with Crippen molar-refractivity contribution < 1.29 is 9.18 Å². The largest absolute Gasteiger partial charge is 0.348 e. The molecule has 0 bridgehead atoms. The summed E-state index contributed by atoms with van der Waals surface area (Å²) in [5.74, 6) is -0.315. The van der Waals surface area contributed by atoms with Gasteiger partial charge in [-0.25, -0.2) is 4.39 Å². The zero-order valence-corrected chi connectivity index (χ0v) is 16.5. The molecule has 1 aliphatic rings.